The maximum Gasteiger partial charge on any atom is 0.229 e. The van der Waals surface area contributed by atoms with Gasteiger partial charge in [-0.1, -0.05) is 24.3 Å². The second kappa shape index (κ2) is 8.39. The predicted molar refractivity (Wildman–Crippen MR) is 119 cm³/mol. The van der Waals surface area contributed by atoms with Gasteiger partial charge < -0.3 is 5.32 Å². The smallest absolute Gasteiger partial charge is 0.229 e. The highest BCUT2D eigenvalue weighted by Gasteiger charge is 2.20. The topological polar surface area (TPSA) is 74.3 Å². The highest BCUT2D eigenvalue weighted by atomic mass is 32.2. The number of aromatic nitrogens is 1. The first-order valence-corrected chi connectivity index (χ1v) is 11.7. The van der Waals surface area contributed by atoms with Crippen molar-refractivity contribution in [1.82, 2.24) is 9.88 Å². The number of nitrogens with zero attached hydrogens (tertiary/aromatic N) is 2. The third-order valence-electron chi connectivity index (χ3n) is 5.18. The summed E-state index contributed by atoms with van der Waals surface area (Å²) in [5.74, 6) is 0. The summed E-state index contributed by atoms with van der Waals surface area (Å²) in [5.41, 5.74) is 2.87. The Morgan fingerprint density at radius 3 is 2.90 bits per heavy atom. The summed E-state index contributed by atoms with van der Waals surface area (Å²) < 4.78 is 25.5. The van der Waals surface area contributed by atoms with Gasteiger partial charge in [0, 0.05) is 53.7 Å². The van der Waals surface area contributed by atoms with E-state index < -0.39 is 10.0 Å². The first-order valence-electron chi connectivity index (χ1n) is 9.85. The van der Waals surface area contributed by atoms with E-state index in [0.29, 0.717) is 11.7 Å². The molecule has 152 valence electrons. The molecule has 7 heteroatoms. The molecule has 3 aromatic rings. The molecule has 4 rings (SSSR count). The fourth-order valence-electron chi connectivity index (χ4n) is 3.99. The molecule has 1 fully saturated rings. The fraction of sp³-hybridized carbons (Fsp3) is 0.318. The molecule has 2 aromatic carbocycles. The molecule has 0 spiro atoms. The lowest BCUT2D eigenvalue weighted by atomic mass is 10.0. The van der Waals surface area contributed by atoms with Gasteiger partial charge in [-0.05, 0) is 49.2 Å². The van der Waals surface area contributed by atoms with Gasteiger partial charge in [0.1, 0.15) is 0 Å². The first-order chi connectivity index (χ1) is 14.0. The van der Waals surface area contributed by atoms with E-state index in [9.17, 15) is 8.42 Å². The van der Waals surface area contributed by atoms with E-state index in [0.717, 1.165) is 49.1 Å². The molecular weight excluding hydrogens is 384 g/mol. The molecule has 0 aliphatic carbocycles. The Morgan fingerprint density at radius 1 is 1.17 bits per heavy atom. The summed E-state index contributed by atoms with van der Waals surface area (Å²) in [4.78, 5) is 6.63. The maximum absolute atomic E-state index is 11.5. The van der Waals surface area contributed by atoms with Crippen molar-refractivity contribution in [1.29, 1.82) is 0 Å². The Balaban J connectivity index is 1.43. The van der Waals surface area contributed by atoms with Crippen LogP contribution in [0.15, 0.2) is 60.9 Å². The van der Waals surface area contributed by atoms with Crippen molar-refractivity contribution in [2.24, 2.45) is 0 Å². The number of anilines is 2. The molecule has 1 aliphatic heterocycles. The van der Waals surface area contributed by atoms with Gasteiger partial charge in [0.2, 0.25) is 10.0 Å². The highest BCUT2D eigenvalue weighted by molar-refractivity contribution is 7.92. The van der Waals surface area contributed by atoms with Crippen LogP contribution in [0.5, 0.6) is 0 Å². The summed E-state index contributed by atoms with van der Waals surface area (Å²) in [5, 5.41) is 6.05. The Kier molecular flexibility index (Phi) is 5.69. The number of hydrogen-bond acceptors (Lipinski definition) is 5. The summed E-state index contributed by atoms with van der Waals surface area (Å²) in [6.45, 7) is 2.80. The van der Waals surface area contributed by atoms with E-state index in [1.54, 1.807) is 6.07 Å². The normalized spacial score (nSPS) is 17.9. The number of sulfonamides is 1. The lowest BCUT2D eigenvalue weighted by Gasteiger charge is -2.34. The lowest BCUT2D eigenvalue weighted by molar-refractivity contribution is 0.208. The molecule has 1 aromatic heterocycles. The monoisotopic (exact) mass is 410 g/mol. The van der Waals surface area contributed by atoms with Gasteiger partial charge >= 0.3 is 0 Å². The number of rotatable bonds is 6. The van der Waals surface area contributed by atoms with E-state index in [1.807, 2.05) is 30.6 Å². The molecule has 0 radical (unpaired) electrons. The average molecular weight is 411 g/mol. The van der Waals surface area contributed by atoms with Crippen LogP contribution < -0.4 is 10.0 Å². The zero-order chi connectivity index (χ0) is 20.3. The molecular formula is C22H26N4O2S. The summed E-state index contributed by atoms with van der Waals surface area (Å²) in [6.07, 6.45) is 7.16. The van der Waals surface area contributed by atoms with E-state index >= 15 is 0 Å². The van der Waals surface area contributed by atoms with Crippen molar-refractivity contribution < 1.29 is 8.42 Å². The third kappa shape index (κ3) is 5.25. The molecule has 1 aliphatic rings. The van der Waals surface area contributed by atoms with Crippen LogP contribution >= 0.6 is 0 Å². The van der Waals surface area contributed by atoms with Gasteiger partial charge in [0.15, 0.2) is 0 Å². The minimum atomic E-state index is -3.27. The summed E-state index contributed by atoms with van der Waals surface area (Å²) >= 11 is 0. The molecule has 1 saturated heterocycles. The number of hydrogen-bond donors (Lipinski definition) is 2. The molecule has 2 heterocycles. The Bertz CT molecular complexity index is 1100. The number of pyridine rings is 1. The van der Waals surface area contributed by atoms with Gasteiger partial charge in [0.05, 0.1) is 6.26 Å². The fourth-order valence-corrected chi connectivity index (χ4v) is 4.55. The van der Waals surface area contributed by atoms with Crippen LogP contribution in [0.25, 0.3) is 10.8 Å². The largest absolute Gasteiger partial charge is 0.381 e. The van der Waals surface area contributed by atoms with Crippen molar-refractivity contribution >= 4 is 32.2 Å². The highest BCUT2D eigenvalue weighted by Crippen LogP contribution is 2.25. The molecule has 2 N–H and O–H groups in total. The van der Waals surface area contributed by atoms with Crippen molar-refractivity contribution in [2.45, 2.75) is 25.4 Å². The van der Waals surface area contributed by atoms with Gasteiger partial charge in [-0.15, -0.1) is 0 Å². The van der Waals surface area contributed by atoms with Crippen molar-refractivity contribution in [3.63, 3.8) is 0 Å². The van der Waals surface area contributed by atoms with Crippen LogP contribution in [-0.4, -0.2) is 43.7 Å². The van der Waals surface area contributed by atoms with Crippen LogP contribution in [0.2, 0.25) is 0 Å². The minimum absolute atomic E-state index is 0.375. The summed E-state index contributed by atoms with van der Waals surface area (Å²) in [6, 6.07) is 16.3. The molecule has 0 bridgehead atoms. The number of fused-ring (bicyclic) bond motifs is 1. The zero-order valence-corrected chi connectivity index (χ0v) is 17.3. The Labute approximate surface area is 172 Å². The van der Waals surface area contributed by atoms with E-state index in [2.05, 4.69) is 44.2 Å². The minimum Gasteiger partial charge on any atom is -0.381 e. The molecule has 0 unspecified atom stereocenters. The van der Waals surface area contributed by atoms with E-state index in [1.165, 1.54) is 11.6 Å². The molecule has 0 saturated carbocycles. The SMILES string of the molecule is CS(=O)(=O)Nc1cccc(CN2CCC[C@@H](Nc3cccc4cnccc34)C2)c1. The number of piperidine rings is 1. The van der Waals surface area contributed by atoms with Gasteiger partial charge in [0.25, 0.3) is 0 Å². The average Bonchev–Trinajstić information content (AvgIpc) is 2.68. The second-order valence-electron chi connectivity index (χ2n) is 7.70. The van der Waals surface area contributed by atoms with Crippen LogP contribution in [0.3, 0.4) is 0 Å². The number of benzene rings is 2. The number of nitrogens with one attached hydrogen (secondary N) is 2. The maximum atomic E-state index is 11.5. The van der Waals surface area contributed by atoms with Gasteiger partial charge in [-0.3, -0.25) is 14.6 Å². The van der Waals surface area contributed by atoms with Crippen LogP contribution in [0.1, 0.15) is 18.4 Å². The van der Waals surface area contributed by atoms with Crippen LogP contribution in [0, 0.1) is 0 Å². The number of likely N-dealkylation sites (tertiary alicyclic amines) is 1. The second-order valence-corrected chi connectivity index (χ2v) is 9.44. The quantitative estimate of drug-likeness (QED) is 0.648. The molecule has 0 amide bonds. The van der Waals surface area contributed by atoms with E-state index in [4.69, 9.17) is 0 Å². The van der Waals surface area contributed by atoms with Crippen molar-refractivity contribution in [3.8, 4) is 0 Å². The van der Waals surface area contributed by atoms with E-state index in [-0.39, 0.29) is 0 Å². The predicted octanol–water partition coefficient (Wildman–Crippen LogP) is 3.68. The van der Waals surface area contributed by atoms with Gasteiger partial charge in [-0.2, -0.15) is 0 Å². The van der Waals surface area contributed by atoms with Crippen LogP contribution in [0.4, 0.5) is 11.4 Å². The Hall–Kier alpha value is -2.64. The zero-order valence-electron chi connectivity index (χ0n) is 16.5. The standard InChI is InChI=1S/C22H26N4O2S/c1-29(27,28)25-19-7-2-5-17(13-19)15-26-12-4-8-20(16-26)24-22-9-3-6-18-14-23-11-10-21(18)22/h2-3,5-7,9-11,13-14,20,24-25H,4,8,12,15-16H2,1H3/t20-/m1/s1. The third-order valence-corrected chi connectivity index (χ3v) is 5.79. The first kappa shape index (κ1) is 19.7. The van der Waals surface area contributed by atoms with Crippen molar-refractivity contribution in [3.05, 3.63) is 66.5 Å². The molecule has 29 heavy (non-hydrogen) atoms. The lowest BCUT2D eigenvalue weighted by Crippen LogP contribution is -2.41. The van der Waals surface area contributed by atoms with Gasteiger partial charge in [-0.25, -0.2) is 8.42 Å². The van der Waals surface area contributed by atoms with Crippen LogP contribution in [-0.2, 0) is 16.6 Å². The summed E-state index contributed by atoms with van der Waals surface area (Å²) in [7, 11) is -3.27. The molecule has 1 atom stereocenters. The van der Waals surface area contributed by atoms with Crippen molar-refractivity contribution in [2.75, 3.05) is 29.4 Å². The Morgan fingerprint density at radius 2 is 2.03 bits per heavy atom. The molecule has 6 nitrogen and oxygen atoms in total.